The van der Waals surface area contributed by atoms with Crippen LogP contribution in [0.15, 0.2) is 18.2 Å². The standard InChI is InChI=1S/C10H12FNOS/c1-6-5-8(3-4-9(6)11)13-7(2)10(12)14/h3-5,7H,1-2H3,(H2,12,14). The number of rotatable bonds is 3. The molecule has 76 valence electrons. The molecule has 4 heteroatoms. The number of ether oxygens (including phenoxy) is 1. The predicted octanol–water partition coefficient (Wildman–Crippen LogP) is 2.19. The van der Waals surface area contributed by atoms with Gasteiger partial charge in [0.2, 0.25) is 0 Å². The number of thiocarbonyl (C=S) groups is 1. The third-order valence-corrected chi connectivity index (χ3v) is 2.17. The number of hydrogen-bond donors (Lipinski definition) is 1. The van der Waals surface area contributed by atoms with Crippen LogP contribution in [0.1, 0.15) is 12.5 Å². The molecule has 0 heterocycles. The maximum absolute atomic E-state index is 12.9. The van der Waals surface area contributed by atoms with Gasteiger partial charge in [-0.05, 0) is 37.6 Å². The molecule has 14 heavy (non-hydrogen) atoms. The Morgan fingerprint density at radius 2 is 2.21 bits per heavy atom. The fourth-order valence-electron chi connectivity index (χ4n) is 0.953. The van der Waals surface area contributed by atoms with Crippen LogP contribution >= 0.6 is 12.2 Å². The van der Waals surface area contributed by atoms with Crippen molar-refractivity contribution in [2.24, 2.45) is 5.73 Å². The monoisotopic (exact) mass is 213 g/mol. The summed E-state index contributed by atoms with van der Waals surface area (Å²) in [6.45, 7) is 3.43. The van der Waals surface area contributed by atoms with Crippen LogP contribution in [0.5, 0.6) is 5.75 Å². The van der Waals surface area contributed by atoms with E-state index in [0.29, 0.717) is 11.3 Å². The summed E-state index contributed by atoms with van der Waals surface area (Å²) in [6, 6.07) is 4.53. The molecular formula is C10H12FNOS. The molecule has 2 nitrogen and oxygen atoms in total. The lowest BCUT2D eigenvalue weighted by atomic mass is 10.2. The molecule has 0 amide bonds. The Labute approximate surface area is 87.9 Å². The van der Waals surface area contributed by atoms with Crippen molar-refractivity contribution in [3.8, 4) is 5.75 Å². The zero-order valence-electron chi connectivity index (χ0n) is 8.08. The summed E-state index contributed by atoms with van der Waals surface area (Å²) >= 11 is 4.75. The second-order valence-electron chi connectivity index (χ2n) is 3.07. The van der Waals surface area contributed by atoms with Gasteiger partial charge in [-0.2, -0.15) is 0 Å². The molecule has 1 rings (SSSR count). The van der Waals surface area contributed by atoms with Crippen molar-refractivity contribution >= 4 is 17.2 Å². The van der Waals surface area contributed by atoms with Crippen molar-refractivity contribution < 1.29 is 9.13 Å². The van der Waals surface area contributed by atoms with Crippen molar-refractivity contribution in [1.82, 2.24) is 0 Å². The van der Waals surface area contributed by atoms with Crippen molar-refractivity contribution in [3.05, 3.63) is 29.6 Å². The lowest BCUT2D eigenvalue weighted by Gasteiger charge is -2.13. The number of benzene rings is 1. The molecular weight excluding hydrogens is 201 g/mol. The van der Waals surface area contributed by atoms with Gasteiger partial charge >= 0.3 is 0 Å². The smallest absolute Gasteiger partial charge is 0.145 e. The molecule has 2 N–H and O–H groups in total. The van der Waals surface area contributed by atoms with E-state index >= 15 is 0 Å². The Balaban J connectivity index is 2.78. The summed E-state index contributed by atoms with van der Waals surface area (Å²) in [4.78, 5) is 0.284. The van der Waals surface area contributed by atoms with Crippen LogP contribution in [0.25, 0.3) is 0 Å². The van der Waals surface area contributed by atoms with Gasteiger partial charge in [0.1, 0.15) is 22.7 Å². The van der Waals surface area contributed by atoms with Gasteiger partial charge in [0, 0.05) is 0 Å². The maximum Gasteiger partial charge on any atom is 0.145 e. The van der Waals surface area contributed by atoms with Crippen molar-refractivity contribution in [1.29, 1.82) is 0 Å². The van der Waals surface area contributed by atoms with E-state index in [9.17, 15) is 4.39 Å². The van der Waals surface area contributed by atoms with Crippen LogP contribution in [0.3, 0.4) is 0 Å². The van der Waals surface area contributed by atoms with Crippen LogP contribution in [0.2, 0.25) is 0 Å². The lowest BCUT2D eigenvalue weighted by molar-refractivity contribution is 0.287. The van der Waals surface area contributed by atoms with E-state index in [1.807, 2.05) is 0 Å². The summed E-state index contributed by atoms with van der Waals surface area (Å²) in [6.07, 6.45) is -0.338. The number of halogens is 1. The lowest BCUT2D eigenvalue weighted by Crippen LogP contribution is -2.28. The number of nitrogens with two attached hydrogens (primary N) is 1. The Bertz CT molecular complexity index is 354. The minimum atomic E-state index is -0.338. The highest BCUT2D eigenvalue weighted by molar-refractivity contribution is 7.80. The predicted molar refractivity (Wildman–Crippen MR) is 58.0 cm³/mol. The van der Waals surface area contributed by atoms with E-state index in [4.69, 9.17) is 22.7 Å². The third kappa shape index (κ3) is 2.67. The fourth-order valence-corrected chi connectivity index (χ4v) is 1.00. The van der Waals surface area contributed by atoms with E-state index in [1.165, 1.54) is 6.07 Å². The van der Waals surface area contributed by atoms with Gasteiger partial charge in [0.15, 0.2) is 0 Å². The van der Waals surface area contributed by atoms with Crippen LogP contribution in [-0.4, -0.2) is 11.1 Å². The van der Waals surface area contributed by atoms with Crippen molar-refractivity contribution in [2.75, 3.05) is 0 Å². The van der Waals surface area contributed by atoms with Gasteiger partial charge < -0.3 is 10.5 Å². The van der Waals surface area contributed by atoms with Crippen LogP contribution in [0.4, 0.5) is 4.39 Å². The summed E-state index contributed by atoms with van der Waals surface area (Å²) in [5, 5.41) is 0. The number of aryl methyl sites for hydroxylation is 1. The van der Waals surface area contributed by atoms with E-state index < -0.39 is 0 Å². The molecule has 1 aromatic carbocycles. The minimum absolute atomic E-state index is 0.250. The third-order valence-electron chi connectivity index (χ3n) is 1.84. The van der Waals surface area contributed by atoms with E-state index in [-0.39, 0.29) is 16.9 Å². The van der Waals surface area contributed by atoms with Crippen molar-refractivity contribution in [3.63, 3.8) is 0 Å². The average Bonchev–Trinajstić information content (AvgIpc) is 2.11. The first kappa shape index (κ1) is 10.9. The summed E-state index contributed by atoms with van der Waals surface area (Å²) in [5.74, 6) is 0.324. The topological polar surface area (TPSA) is 35.2 Å². The van der Waals surface area contributed by atoms with Gasteiger partial charge in [0.25, 0.3) is 0 Å². The summed E-state index contributed by atoms with van der Waals surface area (Å²) in [5.41, 5.74) is 5.92. The Kier molecular flexibility index (Phi) is 3.41. The fraction of sp³-hybridized carbons (Fsp3) is 0.300. The van der Waals surface area contributed by atoms with Crippen LogP contribution < -0.4 is 10.5 Å². The molecule has 0 fully saturated rings. The first-order valence-electron chi connectivity index (χ1n) is 4.23. The van der Waals surface area contributed by atoms with Crippen LogP contribution in [0, 0.1) is 12.7 Å². The molecule has 1 atom stereocenters. The normalized spacial score (nSPS) is 12.2. The quantitative estimate of drug-likeness (QED) is 0.782. The Morgan fingerprint density at radius 1 is 1.57 bits per heavy atom. The molecule has 0 bridgehead atoms. The molecule has 0 radical (unpaired) electrons. The van der Waals surface area contributed by atoms with Gasteiger partial charge in [-0.15, -0.1) is 0 Å². The van der Waals surface area contributed by atoms with Gasteiger partial charge in [0.05, 0.1) is 0 Å². The second kappa shape index (κ2) is 4.37. The summed E-state index contributed by atoms with van der Waals surface area (Å²) in [7, 11) is 0. The zero-order valence-corrected chi connectivity index (χ0v) is 8.90. The molecule has 0 aliphatic rings. The van der Waals surface area contributed by atoms with Gasteiger partial charge in [-0.3, -0.25) is 0 Å². The van der Waals surface area contributed by atoms with Crippen LogP contribution in [-0.2, 0) is 0 Å². The molecule has 1 aromatic rings. The molecule has 0 spiro atoms. The SMILES string of the molecule is Cc1cc(OC(C)C(N)=S)ccc1F. The van der Waals surface area contributed by atoms with Gasteiger partial charge in [-0.25, -0.2) is 4.39 Å². The molecule has 0 aliphatic heterocycles. The first-order chi connectivity index (χ1) is 6.50. The molecule has 0 aromatic heterocycles. The highest BCUT2D eigenvalue weighted by Crippen LogP contribution is 2.17. The molecule has 1 unspecified atom stereocenters. The largest absolute Gasteiger partial charge is 0.484 e. The minimum Gasteiger partial charge on any atom is -0.484 e. The van der Waals surface area contributed by atoms with Crippen molar-refractivity contribution in [2.45, 2.75) is 20.0 Å². The average molecular weight is 213 g/mol. The molecule has 0 saturated carbocycles. The highest BCUT2D eigenvalue weighted by atomic mass is 32.1. The highest BCUT2D eigenvalue weighted by Gasteiger charge is 2.07. The Hall–Kier alpha value is -1.16. The second-order valence-corrected chi connectivity index (χ2v) is 3.54. The molecule has 0 saturated heterocycles. The van der Waals surface area contributed by atoms with Gasteiger partial charge in [-0.1, -0.05) is 12.2 Å². The van der Waals surface area contributed by atoms with E-state index in [2.05, 4.69) is 0 Å². The van der Waals surface area contributed by atoms with E-state index in [0.717, 1.165) is 0 Å². The Morgan fingerprint density at radius 3 is 2.71 bits per heavy atom. The molecule has 0 aliphatic carbocycles. The first-order valence-corrected chi connectivity index (χ1v) is 4.63. The maximum atomic E-state index is 12.9. The zero-order chi connectivity index (χ0) is 10.7. The van der Waals surface area contributed by atoms with E-state index in [1.54, 1.807) is 26.0 Å². The summed E-state index contributed by atoms with van der Waals surface area (Å²) < 4.78 is 18.3. The number of hydrogen-bond acceptors (Lipinski definition) is 2.